The summed E-state index contributed by atoms with van der Waals surface area (Å²) in [5.41, 5.74) is -0.746. The number of hydrogen-bond donors (Lipinski definition) is 2. The Labute approximate surface area is 111 Å². The molecule has 1 aliphatic rings. The zero-order valence-corrected chi connectivity index (χ0v) is 12.3. The van der Waals surface area contributed by atoms with Crippen LogP contribution in [0.3, 0.4) is 0 Å². The van der Waals surface area contributed by atoms with Crippen LogP contribution in [0.15, 0.2) is 0 Å². The monoisotopic (exact) mass is 255 g/mol. The Kier molecular flexibility index (Phi) is 5.64. The minimum Gasteiger partial charge on any atom is -0.480 e. The molecule has 0 spiro atoms. The Morgan fingerprint density at radius 2 is 1.89 bits per heavy atom. The first-order chi connectivity index (χ1) is 8.39. The normalized spacial score (nSPS) is 28.1. The Bertz CT molecular complexity index is 270. The van der Waals surface area contributed by atoms with Crippen molar-refractivity contribution in [2.75, 3.05) is 0 Å². The van der Waals surface area contributed by atoms with Crippen LogP contribution in [-0.2, 0) is 4.79 Å². The quantitative estimate of drug-likeness (QED) is 0.764. The van der Waals surface area contributed by atoms with Crippen molar-refractivity contribution in [3.8, 4) is 0 Å². The first kappa shape index (κ1) is 15.5. The summed E-state index contributed by atoms with van der Waals surface area (Å²) in [5, 5.41) is 12.8. The molecule has 0 aromatic heterocycles. The number of carboxylic acid groups (broad SMARTS) is 1. The van der Waals surface area contributed by atoms with Crippen LogP contribution < -0.4 is 5.32 Å². The zero-order chi connectivity index (χ0) is 13.8. The molecule has 1 aliphatic carbocycles. The molecule has 18 heavy (non-hydrogen) atoms. The Morgan fingerprint density at radius 1 is 1.33 bits per heavy atom. The van der Waals surface area contributed by atoms with Gasteiger partial charge in [0, 0.05) is 6.04 Å². The molecule has 3 heteroatoms. The van der Waals surface area contributed by atoms with Crippen molar-refractivity contribution in [1.29, 1.82) is 0 Å². The van der Waals surface area contributed by atoms with Crippen LogP contribution in [0.1, 0.15) is 66.2 Å². The third-order valence-electron chi connectivity index (χ3n) is 4.46. The summed E-state index contributed by atoms with van der Waals surface area (Å²) in [7, 11) is 0. The van der Waals surface area contributed by atoms with Crippen molar-refractivity contribution in [3.05, 3.63) is 0 Å². The predicted molar refractivity (Wildman–Crippen MR) is 74.7 cm³/mol. The van der Waals surface area contributed by atoms with Crippen molar-refractivity contribution in [2.24, 2.45) is 11.8 Å². The average Bonchev–Trinajstić information content (AvgIpc) is 2.29. The number of nitrogens with one attached hydrogen (secondary N) is 1. The highest BCUT2D eigenvalue weighted by Gasteiger charge is 2.35. The number of carbonyl (C=O) groups is 1. The number of aliphatic carboxylic acids is 1. The second kappa shape index (κ2) is 6.55. The van der Waals surface area contributed by atoms with Crippen molar-refractivity contribution in [3.63, 3.8) is 0 Å². The summed E-state index contributed by atoms with van der Waals surface area (Å²) in [4.78, 5) is 11.4. The topological polar surface area (TPSA) is 49.3 Å². The predicted octanol–water partition coefficient (Wildman–Crippen LogP) is 3.43. The maximum absolute atomic E-state index is 11.4. The maximum atomic E-state index is 11.4. The summed E-state index contributed by atoms with van der Waals surface area (Å²) in [6, 6.07) is 0.382. The molecule has 1 rings (SSSR count). The molecule has 1 atom stereocenters. The summed E-state index contributed by atoms with van der Waals surface area (Å²) in [5.74, 6) is 0.869. The fourth-order valence-corrected chi connectivity index (χ4v) is 3.12. The van der Waals surface area contributed by atoms with Gasteiger partial charge in [0.1, 0.15) is 5.54 Å². The second-order valence-corrected chi connectivity index (χ2v) is 6.39. The van der Waals surface area contributed by atoms with Gasteiger partial charge in [0.15, 0.2) is 0 Å². The van der Waals surface area contributed by atoms with Crippen LogP contribution in [0.5, 0.6) is 0 Å². The van der Waals surface area contributed by atoms with E-state index in [9.17, 15) is 9.90 Å². The van der Waals surface area contributed by atoms with Gasteiger partial charge in [-0.05, 0) is 50.9 Å². The Morgan fingerprint density at radius 3 is 2.28 bits per heavy atom. The molecular formula is C15H29NO2. The van der Waals surface area contributed by atoms with Crippen LogP contribution in [0, 0.1) is 11.8 Å². The third-order valence-corrected chi connectivity index (χ3v) is 4.46. The van der Waals surface area contributed by atoms with E-state index in [1.165, 1.54) is 12.8 Å². The lowest BCUT2D eigenvalue weighted by Crippen LogP contribution is -2.54. The van der Waals surface area contributed by atoms with Crippen LogP contribution in [0.2, 0.25) is 0 Å². The molecule has 0 aliphatic heterocycles. The van der Waals surface area contributed by atoms with Gasteiger partial charge in [0.25, 0.3) is 0 Å². The van der Waals surface area contributed by atoms with E-state index >= 15 is 0 Å². The third kappa shape index (κ3) is 3.98. The molecule has 2 N–H and O–H groups in total. The molecule has 0 heterocycles. The highest BCUT2D eigenvalue weighted by atomic mass is 16.4. The lowest BCUT2D eigenvalue weighted by molar-refractivity contribution is -0.145. The van der Waals surface area contributed by atoms with E-state index in [2.05, 4.69) is 19.2 Å². The molecule has 106 valence electrons. The van der Waals surface area contributed by atoms with Crippen LogP contribution >= 0.6 is 0 Å². The molecule has 1 fully saturated rings. The number of rotatable bonds is 6. The van der Waals surface area contributed by atoms with Gasteiger partial charge in [0.2, 0.25) is 0 Å². The molecule has 0 saturated heterocycles. The molecule has 1 saturated carbocycles. The molecular weight excluding hydrogens is 226 g/mol. The molecule has 0 aromatic rings. The second-order valence-electron chi connectivity index (χ2n) is 6.39. The largest absolute Gasteiger partial charge is 0.480 e. The summed E-state index contributed by atoms with van der Waals surface area (Å²) >= 11 is 0. The number of hydrogen-bond acceptors (Lipinski definition) is 2. The Balaban J connectivity index is 2.50. The van der Waals surface area contributed by atoms with Gasteiger partial charge in [-0.15, -0.1) is 0 Å². The van der Waals surface area contributed by atoms with Crippen molar-refractivity contribution in [1.82, 2.24) is 5.32 Å². The van der Waals surface area contributed by atoms with E-state index in [0.29, 0.717) is 12.5 Å². The highest BCUT2D eigenvalue weighted by Crippen LogP contribution is 2.31. The average molecular weight is 255 g/mol. The van der Waals surface area contributed by atoms with Crippen molar-refractivity contribution < 1.29 is 9.90 Å². The summed E-state index contributed by atoms with van der Waals surface area (Å²) < 4.78 is 0. The fourth-order valence-electron chi connectivity index (χ4n) is 3.12. The van der Waals surface area contributed by atoms with Gasteiger partial charge < -0.3 is 5.11 Å². The van der Waals surface area contributed by atoms with Crippen LogP contribution in [0.4, 0.5) is 0 Å². The number of carboxylic acids is 1. The first-order valence-electron chi connectivity index (χ1n) is 7.40. The van der Waals surface area contributed by atoms with Gasteiger partial charge in [0.05, 0.1) is 0 Å². The van der Waals surface area contributed by atoms with E-state index in [4.69, 9.17) is 0 Å². The smallest absolute Gasteiger partial charge is 0.323 e. The van der Waals surface area contributed by atoms with E-state index in [1.54, 1.807) is 0 Å². The van der Waals surface area contributed by atoms with Gasteiger partial charge >= 0.3 is 5.97 Å². The lowest BCUT2D eigenvalue weighted by atomic mass is 9.79. The fraction of sp³-hybridized carbons (Fsp3) is 0.933. The first-order valence-corrected chi connectivity index (χ1v) is 7.40. The summed E-state index contributed by atoms with van der Waals surface area (Å²) in [6.07, 6.45) is 6.31. The zero-order valence-electron chi connectivity index (χ0n) is 12.3. The minimum absolute atomic E-state index is 0.382. The van der Waals surface area contributed by atoms with Crippen molar-refractivity contribution >= 4 is 5.97 Å². The summed E-state index contributed by atoms with van der Waals surface area (Å²) in [6.45, 7) is 8.44. The minimum atomic E-state index is -0.746. The van der Waals surface area contributed by atoms with E-state index in [1.807, 2.05) is 13.8 Å². The molecule has 3 nitrogen and oxygen atoms in total. The molecule has 0 radical (unpaired) electrons. The van der Waals surface area contributed by atoms with Gasteiger partial charge in [-0.2, -0.15) is 0 Å². The van der Waals surface area contributed by atoms with E-state index in [0.717, 1.165) is 31.1 Å². The van der Waals surface area contributed by atoms with Gasteiger partial charge in [-0.25, -0.2) is 0 Å². The Hall–Kier alpha value is -0.570. The molecule has 0 aromatic carbocycles. The van der Waals surface area contributed by atoms with E-state index < -0.39 is 11.5 Å². The van der Waals surface area contributed by atoms with Crippen LogP contribution in [0.25, 0.3) is 0 Å². The molecule has 0 amide bonds. The molecule has 1 unspecified atom stereocenters. The maximum Gasteiger partial charge on any atom is 0.323 e. The van der Waals surface area contributed by atoms with Gasteiger partial charge in [-0.3, -0.25) is 10.1 Å². The highest BCUT2D eigenvalue weighted by molar-refractivity contribution is 5.78. The standard InChI is InChI=1S/C15H29NO2/c1-5-10-15(4,14(17)18)16-13-8-6-12(7-9-13)11(2)3/h11-13,16H,5-10H2,1-4H3,(H,17,18). The van der Waals surface area contributed by atoms with Crippen LogP contribution in [-0.4, -0.2) is 22.7 Å². The van der Waals surface area contributed by atoms with Gasteiger partial charge in [-0.1, -0.05) is 27.2 Å². The van der Waals surface area contributed by atoms with E-state index in [-0.39, 0.29) is 0 Å². The SMILES string of the molecule is CCCC(C)(NC1CCC(C(C)C)CC1)C(=O)O. The molecule has 0 bridgehead atoms. The van der Waals surface area contributed by atoms with Crippen molar-refractivity contribution in [2.45, 2.75) is 77.8 Å². The lowest BCUT2D eigenvalue weighted by Gasteiger charge is -2.36.